The van der Waals surface area contributed by atoms with Crippen molar-refractivity contribution >= 4 is 38.5 Å². The van der Waals surface area contributed by atoms with Gasteiger partial charge in [-0.05, 0) is 44.2 Å². The number of fused-ring (bicyclic) bond motifs is 2. The summed E-state index contributed by atoms with van der Waals surface area (Å²) in [4.78, 5) is 12.7. The Labute approximate surface area is 152 Å². The molecule has 1 N–H and O–H groups in total. The van der Waals surface area contributed by atoms with Gasteiger partial charge in [0.05, 0.1) is 6.04 Å². The van der Waals surface area contributed by atoms with Crippen LogP contribution in [0.3, 0.4) is 0 Å². The molecule has 0 fully saturated rings. The third-order valence-electron chi connectivity index (χ3n) is 4.18. The van der Waals surface area contributed by atoms with Gasteiger partial charge in [-0.3, -0.25) is 9.20 Å². The third kappa shape index (κ3) is 2.70. The van der Waals surface area contributed by atoms with Crippen LogP contribution in [0.2, 0.25) is 0 Å². The number of pyridine rings is 1. The van der Waals surface area contributed by atoms with Crippen molar-refractivity contribution in [3.8, 4) is 0 Å². The number of halogens is 1. The van der Waals surface area contributed by atoms with Crippen molar-refractivity contribution in [1.82, 2.24) is 19.9 Å². The molecule has 6 nitrogen and oxygen atoms in total. The molecule has 0 saturated heterocycles. The van der Waals surface area contributed by atoms with Gasteiger partial charge in [0, 0.05) is 21.6 Å². The first-order valence-corrected chi connectivity index (χ1v) is 8.63. The summed E-state index contributed by atoms with van der Waals surface area (Å²) in [5, 5.41) is 12.2. The molecule has 0 aliphatic heterocycles. The molecule has 1 aromatic carbocycles. The summed E-state index contributed by atoms with van der Waals surface area (Å²) in [6.07, 6.45) is 1.87. The highest BCUT2D eigenvalue weighted by Crippen LogP contribution is 2.28. The number of nitrogens with one attached hydrogen (secondary N) is 1. The Morgan fingerprint density at radius 2 is 2.12 bits per heavy atom. The van der Waals surface area contributed by atoms with Crippen molar-refractivity contribution < 1.29 is 9.21 Å². The lowest BCUT2D eigenvalue weighted by Crippen LogP contribution is -2.28. The molecular weight excluding hydrogens is 384 g/mol. The SMILES string of the molecule is Cc1c(C(=O)NC(C)c2nnc3ccccn23)oc2ccc(Br)cc12. The zero-order valence-corrected chi connectivity index (χ0v) is 15.2. The minimum atomic E-state index is -0.316. The summed E-state index contributed by atoms with van der Waals surface area (Å²) in [6.45, 7) is 3.75. The van der Waals surface area contributed by atoms with Crippen LogP contribution in [0.1, 0.15) is 34.9 Å². The molecular formula is C18H15BrN4O2. The topological polar surface area (TPSA) is 72.4 Å². The van der Waals surface area contributed by atoms with Gasteiger partial charge in [-0.2, -0.15) is 0 Å². The zero-order valence-electron chi connectivity index (χ0n) is 13.7. The molecule has 4 aromatic rings. The second-order valence-corrected chi connectivity index (χ2v) is 6.79. The molecule has 0 spiro atoms. The molecule has 3 aromatic heterocycles. The van der Waals surface area contributed by atoms with Crippen molar-refractivity contribution in [3.63, 3.8) is 0 Å². The number of aryl methyl sites for hydroxylation is 1. The van der Waals surface area contributed by atoms with Crippen LogP contribution < -0.4 is 5.32 Å². The second-order valence-electron chi connectivity index (χ2n) is 5.88. The van der Waals surface area contributed by atoms with Gasteiger partial charge in [0.15, 0.2) is 17.2 Å². The minimum Gasteiger partial charge on any atom is -0.451 e. The van der Waals surface area contributed by atoms with Crippen LogP contribution in [0, 0.1) is 6.92 Å². The maximum atomic E-state index is 12.7. The van der Waals surface area contributed by atoms with Gasteiger partial charge in [-0.1, -0.05) is 22.0 Å². The Kier molecular flexibility index (Phi) is 3.80. The summed E-state index contributed by atoms with van der Waals surface area (Å²) < 4.78 is 8.54. The summed E-state index contributed by atoms with van der Waals surface area (Å²) >= 11 is 3.44. The summed E-state index contributed by atoms with van der Waals surface area (Å²) in [5.41, 5.74) is 2.24. The van der Waals surface area contributed by atoms with E-state index < -0.39 is 0 Å². The first kappa shape index (κ1) is 15.8. The van der Waals surface area contributed by atoms with Gasteiger partial charge in [0.2, 0.25) is 0 Å². The van der Waals surface area contributed by atoms with E-state index in [0.717, 1.165) is 21.1 Å². The van der Waals surface area contributed by atoms with E-state index in [1.165, 1.54) is 0 Å². The first-order valence-electron chi connectivity index (χ1n) is 7.84. The molecule has 0 aliphatic carbocycles. The molecule has 0 bridgehead atoms. The fraction of sp³-hybridized carbons (Fsp3) is 0.167. The van der Waals surface area contributed by atoms with Crippen LogP contribution in [-0.2, 0) is 0 Å². The number of hydrogen-bond acceptors (Lipinski definition) is 4. The average molecular weight is 399 g/mol. The largest absolute Gasteiger partial charge is 0.451 e. The minimum absolute atomic E-state index is 0.273. The Morgan fingerprint density at radius 1 is 1.28 bits per heavy atom. The smallest absolute Gasteiger partial charge is 0.287 e. The number of amides is 1. The number of hydrogen-bond donors (Lipinski definition) is 1. The van der Waals surface area contributed by atoms with Crippen LogP contribution in [0.5, 0.6) is 0 Å². The van der Waals surface area contributed by atoms with Crippen molar-refractivity contribution in [2.45, 2.75) is 19.9 Å². The molecule has 0 radical (unpaired) electrons. The van der Waals surface area contributed by atoms with Crippen LogP contribution in [0.15, 0.2) is 51.5 Å². The summed E-state index contributed by atoms with van der Waals surface area (Å²) in [7, 11) is 0. The molecule has 1 amide bonds. The molecule has 7 heteroatoms. The van der Waals surface area contributed by atoms with E-state index >= 15 is 0 Å². The maximum Gasteiger partial charge on any atom is 0.287 e. The lowest BCUT2D eigenvalue weighted by Gasteiger charge is -2.11. The molecule has 1 atom stereocenters. The number of carbonyl (C=O) groups excluding carboxylic acids is 1. The van der Waals surface area contributed by atoms with E-state index in [9.17, 15) is 4.79 Å². The quantitative estimate of drug-likeness (QED) is 0.565. The highest BCUT2D eigenvalue weighted by atomic mass is 79.9. The van der Waals surface area contributed by atoms with Crippen LogP contribution in [-0.4, -0.2) is 20.5 Å². The summed E-state index contributed by atoms with van der Waals surface area (Å²) in [6, 6.07) is 11.0. The third-order valence-corrected chi connectivity index (χ3v) is 4.67. The zero-order chi connectivity index (χ0) is 17.6. The van der Waals surface area contributed by atoms with Crippen LogP contribution >= 0.6 is 15.9 Å². The Bertz CT molecular complexity index is 1100. The lowest BCUT2D eigenvalue weighted by atomic mass is 10.1. The van der Waals surface area contributed by atoms with Gasteiger partial charge < -0.3 is 9.73 Å². The lowest BCUT2D eigenvalue weighted by molar-refractivity contribution is 0.0911. The number of nitrogens with zero attached hydrogens (tertiary/aromatic N) is 3. The number of aromatic nitrogens is 3. The van der Waals surface area contributed by atoms with Gasteiger partial charge in [-0.15, -0.1) is 10.2 Å². The van der Waals surface area contributed by atoms with Crippen molar-refractivity contribution in [2.75, 3.05) is 0 Å². The maximum absolute atomic E-state index is 12.7. The number of rotatable bonds is 3. The van der Waals surface area contributed by atoms with Gasteiger partial charge in [0.1, 0.15) is 5.58 Å². The van der Waals surface area contributed by atoms with Gasteiger partial charge >= 0.3 is 0 Å². The van der Waals surface area contributed by atoms with Crippen molar-refractivity contribution in [2.24, 2.45) is 0 Å². The molecule has 126 valence electrons. The molecule has 4 rings (SSSR count). The molecule has 0 aliphatic rings. The highest BCUT2D eigenvalue weighted by Gasteiger charge is 2.22. The van der Waals surface area contributed by atoms with Crippen LogP contribution in [0.4, 0.5) is 0 Å². The number of furan rings is 1. The molecule has 3 heterocycles. The monoisotopic (exact) mass is 398 g/mol. The number of benzene rings is 1. The van der Waals surface area contributed by atoms with E-state index in [1.54, 1.807) is 0 Å². The Morgan fingerprint density at radius 3 is 2.96 bits per heavy atom. The second kappa shape index (κ2) is 6.00. The van der Waals surface area contributed by atoms with E-state index in [0.29, 0.717) is 17.2 Å². The van der Waals surface area contributed by atoms with E-state index in [1.807, 2.05) is 60.8 Å². The normalized spacial score (nSPS) is 12.6. The molecule has 1 unspecified atom stereocenters. The Balaban J connectivity index is 1.64. The van der Waals surface area contributed by atoms with Gasteiger partial charge in [0.25, 0.3) is 5.91 Å². The van der Waals surface area contributed by atoms with E-state index in [4.69, 9.17) is 4.42 Å². The predicted octanol–water partition coefficient (Wildman–Crippen LogP) is 4.04. The number of carbonyl (C=O) groups is 1. The first-order chi connectivity index (χ1) is 12.0. The Hall–Kier alpha value is -2.67. The van der Waals surface area contributed by atoms with Crippen molar-refractivity contribution in [3.05, 3.63) is 64.2 Å². The fourth-order valence-corrected chi connectivity index (χ4v) is 3.25. The van der Waals surface area contributed by atoms with Crippen LogP contribution in [0.25, 0.3) is 16.6 Å². The predicted molar refractivity (Wildman–Crippen MR) is 97.5 cm³/mol. The van der Waals surface area contributed by atoms with Crippen molar-refractivity contribution in [1.29, 1.82) is 0 Å². The summed E-state index contributed by atoms with van der Waals surface area (Å²) in [5.74, 6) is 0.708. The standard InChI is InChI=1S/C18H15BrN4O2/c1-10-13-9-12(19)6-7-14(13)25-16(10)18(24)20-11(2)17-22-21-15-5-3-4-8-23(15)17/h3-9,11H,1-2H3,(H,20,24). The molecule has 25 heavy (non-hydrogen) atoms. The fourth-order valence-electron chi connectivity index (χ4n) is 2.89. The highest BCUT2D eigenvalue weighted by molar-refractivity contribution is 9.10. The van der Waals surface area contributed by atoms with E-state index in [2.05, 4.69) is 31.4 Å². The van der Waals surface area contributed by atoms with E-state index in [-0.39, 0.29) is 11.9 Å². The average Bonchev–Trinajstić information content (AvgIpc) is 3.17. The van der Waals surface area contributed by atoms with Gasteiger partial charge in [-0.25, -0.2) is 0 Å². The molecule has 0 saturated carbocycles.